The van der Waals surface area contributed by atoms with Crippen LogP contribution >= 0.6 is 0 Å². The van der Waals surface area contributed by atoms with Crippen LogP contribution < -0.4 is 9.62 Å². The molecular weight excluding hydrogens is 300 g/mol. The molecule has 1 amide bonds. The summed E-state index contributed by atoms with van der Waals surface area (Å²) in [7, 11) is -3.54. The van der Waals surface area contributed by atoms with E-state index in [0.717, 1.165) is 24.7 Å². The first-order valence-electron chi connectivity index (χ1n) is 7.45. The number of benzene rings is 1. The number of sulfonamides is 1. The molecule has 0 heterocycles. The van der Waals surface area contributed by atoms with Crippen LogP contribution in [0.4, 0.5) is 5.69 Å². The molecule has 22 heavy (non-hydrogen) atoms. The molecule has 2 rings (SSSR count). The van der Waals surface area contributed by atoms with E-state index in [4.69, 9.17) is 0 Å². The van der Waals surface area contributed by atoms with Crippen LogP contribution in [0.5, 0.6) is 0 Å². The molecule has 0 radical (unpaired) electrons. The first-order chi connectivity index (χ1) is 10.1. The first kappa shape index (κ1) is 16.8. The Kier molecular flexibility index (Phi) is 4.52. The van der Waals surface area contributed by atoms with Gasteiger partial charge in [-0.15, -0.1) is 0 Å². The summed E-state index contributed by atoms with van der Waals surface area (Å²) in [5.74, 6) is -0.253. The van der Waals surface area contributed by atoms with E-state index < -0.39 is 10.0 Å². The largest absolute Gasteiger partial charge is 0.352 e. The molecule has 0 aliphatic heterocycles. The zero-order chi connectivity index (χ0) is 16.5. The van der Waals surface area contributed by atoms with Crippen LogP contribution in [-0.4, -0.2) is 33.2 Å². The molecule has 1 aliphatic rings. The average Bonchev–Trinajstić information content (AvgIpc) is 3.17. The highest BCUT2D eigenvalue weighted by Gasteiger charge is 2.29. The second-order valence-corrected chi connectivity index (χ2v) is 8.79. The number of carbonyl (C=O) groups is 1. The molecule has 0 atom stereocenters. The van der Waals surface area contributed by atoms with Crippen LogP contribution in [0, 0.1) is 0 Å². The second kappa shape index (κ2) is 5.91. The minimum absolute atomic E-state index is 0.178. The van der Waals surface area contributed by atoms with Gasteiger partial charge in [0.2, 0.25) is 15.9 Å². The summed E-state index contributed by atoms with van der Waals surface area (Å²) in [5.41, 5.74) is 1.26. The fourth-order valence-electron chi connectivity index (χ4n) is 2.34. The number of amides is 1. The minimum atomic E-state index is -3.54. The monoisotopic (exact) mass is 324 g/mol. The lowest BCUT2D eigenvalue weighted by Crippen LogP contribution is -2.42. The Bertz CT molecular complexity index is 658. The van der Waals surface area contributed by atoms with E-state index in [2.05, 4.69) is 5.32 Å². The van der Waals surface area contributed by atoms with Crippen LogP contribution in [0.15, 0.2) is 24.3 Å². The zero-order valence-corrected chi connectivity index (χ0v) is 14.4. The summed E-state index contributed by atoms with van der Waals surface area (Å²) in [6, 6.07) is 7.56. The van der Waals surface area contributed by atoms with Crippen molar-refractivity contribution in [1.82, 2.24) is 5.32 Å². The van der Waals surface area contributed by atoms with Crippen molar-refractivity contribution in [2.75, 3.05) is 17.1 Å². The molecule has 0 spiro atoms. The van der Waals surface area contributed by atoms with E-state index >= 15 is 0 Å². The SMILES string of the molecule is CC(C)(C)c1ccccc1N(CC(=O)NC1CC1)S(C)(=O)=O. The quantitative estimate of drug-likeness (QED) is 0.901. The summed E-state index contributed by atoms with van der Waals surface area (Å²) < 4.78 is 25.6. The Balaban J connectivity index is 2.36. The van der Waals surface area contributed by atoms with Gasteiger partial charge in [-0.2, -0.15) is 0 Å². The topological polar surface area (TPSA) is 66.5 Å². The lowest BCUT2D eigenvalue weighted by molar-refractivity contribution is -0.119. The molecule has 0 unspecified atom stereocenters. The molecule has 0 bridgehead atoms. The Morgan fingerprint density at radius 1 is 1.27 bits per heavy atom. The maximum atomic E-state index is 12.2. The number of nitrogens with zero attached hydrogens (tertiary/aromatic N) is 1. The van der Waals surface area contributed by atoms with Crippen molar-refractivity contribution in [2.45, 2.75) is 45.1 Å². The van der Waals surface area contributed by atoms with E-state index in [1.165, 1.54) is 4.31 Å². The third-order valence-electron chi connectivity index (χ3n) is 3.61. The van der Waals surface area contributed by atoms with Crippen LogP contribution in [0.25, 0.3) is 0 Å². The average molecular weight is 324 g/mol. The van der Waals surface area contributed by atoms with Crippen molar-refractivity contribution in [3.8, 4) is 0 Å². The maximum Gasteiger partial charge on any atom is 0.240 e. The standard InChI is InChI=1S/C16H24N2O3S/c1-16(2,3)13-7-5-6-8-14(13)18(22(4,20)21)11-15(19)17-12-9-10-12/h5-8,12H,9-11H2,1-4H3,(H,17,19). The summed E-state index contributed by atoms with van der Waals surface area (Å²) in [6.07, 6.45) is 3.09. The third kappa shape index (κ3) is 4.22. The number of hydrogen-bond acceptors (Lipinski definition) is 3. The van der Waals surface area contributed by atoms with Crippen molar-refractivity contribution >= 4 is 21.6 Å². The van der Waals surface area contributed by atoms with Crippen LogP contribution in [0.2, 0.25) is 0 Å². The van der Waals surface area contributed by atoms with Gasteiger partial charge in [0, 0.05) is 6.04 Å². The van der Waals surface area contributed by atoms with E-state index in [0.29, 0.717) is 5.69 Å². The maximum absolute atomic E-state index is 12.2. The predicted molar refractivity (Wildman–Crippen MR) is 88.5 cm³/mol. The number of para-hydroxylation sites is 1. The van der Waals surface area contributed by atoms with Gasteiger partial charge in [0.1, 0.15) is 6.54 Å². The summed E-state index contributed by atoms with van der Waals surface area (Å²) in [6.45, 7) is 5.89. The van der Waals surface area contributed by atoms with Crippen LogP contribution in [0.3, 0.4) is 0 Å². The van der Waals surface area contributed by atoms with Gasteiger partial charge >= 0.3 is 0 Å². The van der Waals surface area contributed by atoms with E-state index in [9.17, 15) is 13.2 Å². The highest BCUT2D eigenvalue weighted by molar-refractivity contribution is 7.92. The van der Waals surface area contributed by atoms with Gasteiger partial charge in [0.25, 0.3) is 0 Å². The van der Waals surface area contributed by atoms with Gasteiger partial charge in [0.15, 0.2) is 0 Å². The van der Waals surface area contributed by atoms with Gasteiger partial charge in [-0.1, -0.05) is 39.0 Å². The van der Waals surface area contributed by atoms with Crippen LogP contribution in [-0.2, 0) is 20.2 Å². The number of carbonyl (C=O) groups excluding carboxylic acids is 1. The molecule has 6 heteroatoms. The van der Waals surface area contributed by atoms with Gasteiger partial charge in [0.05, 0.1) is 11.9 Å². The van der Waals surface area contributed by atoms with Crippen LogP contribution in [0.1, 0.15) is 39.2 Å². The Hall–Kier alpha value is -1.56. The molecule has 1 fully saturated rings. The number of nitrogens with one attached hydrogen (secondary N) is 1. The van der Waals surface area contributed by atoms with Crippen molar-refractivity contribution < 1.29 is 13.2 Å². The van der Waals surface area contributed by atoms with Crippen molar-refractivity contribution in [1.29, 1.82) is 0 Å². The summed E-state index contributed by atoms with van der Waals surface area (Å²) >= 11 is 0. The normalized spacial score (nSPS) is 15.5. The Morgan fingerprint density at radius 2 is 1.86 bits per heavy atom. The summed E-state index contributed by atoms with van der Waals surface area (Å²) in [5, 5.41) is 2.84. The third-order valence-corrected chi connectivity index (χ3v) is 4.74. The van der Waals surface area contributed by atoms with Crippen molar-refractivity contribution in [3.63, 3.8) is 0 Å². The summed E-state index contributed by atoms with van der Waals surface area (Å²) in [4.78, 5) is 12.1. The minimum Gasteiger partial charge on any atom is -0.352 e. The first-order valence-corrected chi connectivity index (χ1v) is 9.30. The van der Waals surface area contributed by atoms with E-state index in [-0.39, 0.29) is 23.9 Å². The highest BCUT2D eigenvalue weighted by Crippen LogP contribution is 2.33. The van der Waals surface area contributed by atoms with Crippen molar-refractivity contribution in [2.24, 2.45) is 0 Å². The predicted octanol–water partition coefficient (Wildman–Crippen LogP) is 2.03. The molecule has 1 aromatic carbocycles. The molecule has 1 N–H and O–H groups in total. The Morgan fingerprint density at radius 3 is 2.36 bits per heavy atom. The number of hydrogen-bond donors (Lipinski definition) is 1. The molecule has 1 aliphatic carbocycles. The lowest BCUT2D eigenvalue weighted by atomic mass is 9.86. The molecule has 5 nitrogen and oxygen atoms in total. The van der Waals surface area contributed by atoms with Gasteiger partial charge in [-0.05, 0) is 29.9 Å². The molecule has 1 saturated carbocycles. The number of rotatable bonds is 5. The van der Waals surface area contributed by atoms with Crippen molar-refractivity contribution in [3.05, 3.63) is 29.8 Å². The smallest absolute Gasteiger partial charge is 0.240 e. The van der Waals surface area contributed by atoms with Gasteiger partial charge in [-0.3, -0.25) is 9.10 Å². The molecular formula is C16H24N2O3S. The molecule has 122 valence electrons. The molecule has 1 aromatic rings. The fourth-order valence-corrected chi connectivity index (χ4v) is 3.21. The Labute approximate surface area is 132 Å². The van der Waals surface area contributed by atoms with Gasteiger partial charge in [-0.25, -0.2) is 8.42 Å². The van der Waals surface area contributed by atoms with E-state index in [1.807, 2.05) is 32.9 Å². The second-order valence-electron chi connectivity index (χ2n) is 6.88. The zero-order valence-electron chi connectivity index (χ0n) is 13.6. The van der Waals surface area contributed by atoms with Gasteiger partial charge < -0.3 is 5.32 Å². The molecule has 0 saturated heterocycles. The highest BCUT2D eigenvalue weighted by atomic mass is 32.2. The van der Waals surface area contributed by atoms with E-state index in [1.54, 1.807) is 12.1 Å². The fraction of sp³-hybridized carbons (Fsp3) is 0.562. The lowest BCUT2D eigenvalue weighted by Gasteiger charge is -2.29. The number of anilines is 1. The molecule has 0 aromatic heterocycles.